The molecule has 1 aliphatic heterocycles. The second kappa shape index (κ2) is 6.58. The molecule has 2 aliphatic rings. The highest BCUT2D eigenvalue weighted by molar-refractivity contribution is 4.82. The van der Waals surface area contributed by atoms with Gasteiger partial charge in [0.1, 0.15) is 0 Å². The molecule has 1 heterocycles. The van der Waals surface area contributed by atoms with Gasteiger partial charge in [-0.15, -0.1) is 0 Å². The van der Waals surface area contributed by atoms with E-state index in [0.717, 1.165) is 25.7 Å². The Kier molecular flexibility index (Phi) is 5.07. The first-order valence-corrected chi connectivity index (χ1v) is 6.91. The van der Waals surface area contributed by atoms with Crippen LogP contribution in [0.4, 0.5) is 0 Å². The van der Waals surface area contributed by atoms with Crippen LogP contribution in [0.15, 0.2) is 0 Å². The van der Waals surface area contributed by atoms with Gasteiger partial charge in [0.05, 0.1) is 0 Å². The first kappa shape index (κ1) is 12.3. The minimum atomic E-state index is 0.682. The van der Waals surface area contributed by atoms with Gasteiger partial charge in [0.15, 0.2) is 0 Å². The smallest absolute Gasteiger partial charge is 0.0469 e. The van der Waals surface area contributed by atoms with Crippen molar-refractivity contribution < 1.29 is 4.74 Å². The van der Waals surface area contributed by atoms with Gasteiger partial charge in [0.25, 0.3) is 0 Å². The van der Waals surface area contributed by atoms with E-state index in [1.54, 1.807) is 0 Å². The van der Waals surface area contributed by atoms with Crippen LogP contribution in [-0.2, 0) is 4.74 Å². The molecule has 0 amide bonds. The van der Waals surface area contributed by atoms with Gasteiger partial charge < -0.3 is 15.8 Å². The predicted octanol–water partition coefficient (Wildman–Crippen LogP) is 1.52. The minimum absolute atomic E-state index is 0.682. The number of hydrogen-bond donors (Lipinski definition) is 2. The van der Waals surface area contributed by atoms with Crippen molar-refractivity contribution in [2.24, 2.45) is 17.6 Å². The van der Waals surface area contributed by atoms with Gasteiger partial charge in [0.2, 0.25) is 0 Å². The maximum Gasteiger partial charge on any atom is 0.0469 e. The average Bonchev–Trinajstić information content (AvgIpc) is 2.38. The Labute approximate surface area is 99.1 Å². The third-order valence-corrected chi connectivity index (χ3v) is 4.22. The van der Waals surface area contributed by atoms with Crippen molar-refractivity contribution in [1.82, 2.24) is 5.32 Å². The minimum Gasteiger partial charge on any atom is -0.381 e. The fourth-order valence-corrected chi connectivity index (χ4v) is 3.03. The highest BCUT2D eigenvalue weighted by Gasteiger charge is 2.24. The van der Waals surface area contributed by atoms with Crippen LogP contribution in [0.2, 0.25) is 0 Å². The first-order valence-electron chi connectivity index (χ1n) is 6.91. The van der Waals surface area contributed by atoms with Crippen molar-refractivity contribution in [3.05, 3.63) is 0 Å². The van der Waals surface area contributed by atoms with E-state index in [1.807, 2.05) is 0 Å². The zero-order valence-electron chi connectivity index (χ0n) is 10.3. The molecule has 0 spiro atoms. The molecule has 2 atom stereocenters. The molecule has 2 unspecified atom stereocenters. The highest BCUT2D eigenvalue weighted by atomic mass is 16.5. The Morgan fingerprint density at radius 3 is 2.56 bits per heavy atom. The largest absolute Gasteiger partial charge is 0.381 e. The van der Waals surface area contributed by atoms with Gasteiger partial charge in [-0.05, 0) is 50.6 Å². The number of rotatable bonds is 4. The Balaban J connectivity index is 1.70. The van der Waals surface area contributed by atoms with Crippen LogP contribution in [0.5, 0.6) is 0 Å². The van der Waals surface area contributed by atoms with Gasteiger partial charge >= 0.3 is 0 Å². The van der Waals surface area contributed by atoms with Crippen molar-refractivity contribution in [3.63, 3.8) is 0 Å². The summed E-state index contributed by atoms with van der Waals surface area (Å²) in [6.07, 6.45) is 7.85. The molecule has 0 aromatic rings. The van der Waals surface area contributed by atoms with E-state index in [2.05, 4.69) is 5.32 Å². The van der Waals surface area contributed by atoms with Gasteiger partial charge in [-0.25, -0.2) is 0 Å². The molecule has 3 nitrogen and oxygen atoms in total. The van der Waals surface area contributed by atoms with E-state index in [4.69, 9.17) is 10.5 Å². The summed E-state index contributed by atoms with van der Waals surface area (Å²) < 4.78 is 5.39. The molecular formula is C13H26N2O. The monoisotopic (exact) mass is 226 g/mol. The van der Waals surface area contributed by atoms with E-state index in [9.17, 15) is 0 Å². The summed E-state index contributed by atoms with van der Waals surface area (Å²) in [4.78, 5) is 0. The Hall–Kier alpha value is -0.120. The lowest BCUT2D eigenvalue weighted by atomic mass is 9.84. The van der Waals surface area contributed by atoms with E-state index in [0.29, 0.717) is 12.0 Å². The summed E-state index contributed by atoms with van der Waals surface area (Å²) in [6.45, 7) is 3.94. The molecular weight excluding hydrogens is 200 g/mol. The third kappa shape index (κ3) is 3.44. The zero-order valence-corrected chi connectivity index (χ0v) is 10.3. The second-order valence-electron chi connectivity index (χ2n) is 5.35. The molecule has 2 fully saturated rings. The average molecular weight is 226 g/mol. The summed E-state index contributed by atoms with van der Waals surface area (Å²) in [5.41, 5.74) is 5.84. The first-order chi connectivity index (χ1) is 7.90. The standard InChI is InChI=1S/C13H26N2O/c14-9-12-3-1-2-4-13(12)15-10-11-5-7-16-8-6-11/h11-13,15H,1-10,14H2. The van der Waals surface area contributed by atoms with Gasteiger partial charge in [-0.1, -0.05) is 12.8 Å². The molecule has 16 heavy (non-hydrogen) atoms. The Bertz CT molecular complexity index is 192. The lowest BCUT2D eigenvalue weighted by Crippen LogP contribution is -2.44. The van der Waals surface area contributed by atoms with Crippen LogP contribution in [-0.4, -0.2) is 32.3 Å². The molecule has 94 valence electrons. The number of nitrogens with one attached hydrogen (secondary N) is 1. The van der Waals surface area contributed by atoms with Crippen LogP contribution in [0, 0.1) is 11.8 Å². The van der Waals surface area contributed by atoms with Crippen molar-refractivity contribution >= 4 is 0 Å². The second-order valence-corrected chi connectivity index (χ2v) is 5.35. The normalized spacial score (nSPS) is 32.8. The lowest BCUT2D eigenvalue weighted by molar-refractivity contribution is 0.0640. The topological polar surface area (TPSA) is 47.3 Å². The number of nitrogens with two attached hydrogens (primary N) is 1. The van der Waals surface area contributed by atoms with Crippen LogP contribution in [0.3, 0.4) is 0 Å². The summed E-state index contributed by atoms with van der Waals surface area (Å²) >= 11 is 0. The molecule has 1 saturated heterocycles. The number of ether oxygens (including phenoxy) is 1. The molecule has 2 rings (SSSR count). The van der Waals surface area contributed by atoms with E-state index in [1.165, 1.54) is 45.1 Å². The summed E-state index contributed by atoms with van der Waals surface area (Å²) in [7, 11) is 0. The van der Waals surface area contributed by atoms with Crippen molar-refractivity contribution in [3.8, 4) is 0 Å². The predicted molar refractivity (Wildman–Crippen MR) is 66.3 cm³/mol. The summed E-state index contributed by atoms with van der Waals surface area (Å²) in [6, 6.07) is 0.682. The number of hydrogen-bond acceptors (Lipinski definition) is 3. The Morgan fingerprint density at radius 1 is 1.06 bits per heavy atom. The molecule has 0 aromatic carbocycles. The van der Waals surface area contributed by atoms with E-state index in [-0.39, 0.29) is 0 Å². The van der Waals surface area contributed by atoms with E-state index >= 15 is 0 Å². The SMILES string of the molecule is NCC1CCCCC1NCC1CCOCC1. The van der Waals surface area contributed by atoms with Crippen molar-refractivity contribution in [2.45, 2.75) is 44.6 Å². The van der Waals surface area contributed by atoms with Gasteiger partial charge in [0, 0.05) is 19.3 Å². The van der Waals surface area contributed by atoms with Gasteiger partial charge in [-0.2, -0.15) is 0 Å². The fourth-order valence-electron chi connectivity index (χ4n) is 3.03. The molecule has 3 N–H and O–H groups in total. The maximum absolute atomic E-state index is 5.84. The summed E-state index contributed by atoms with van der Waals surface area (Å²) in [5, 5.41) is 3.76. The van der Waals surface area contributed by atoms with Crippen LogP contribution >= 0.6 is 0 Å². The van der Waals surface area contributed by atoms with Crippen molar-refractivity contribution in [1.29, 1.82) is 0 Å². The van der Waals surface area contributed by atoms with Crippen LogP contribution < -0.4 is 11.1 Å². The lowest BCUT2D eigenvalue weighted by Gasteiger charge is -2.33. The Morgan fingerprint density at radius 2 is 1.81 bits per heavy atom. The molecule has 0 radical (unpaired) electrons. The quantitative estimate of drug-likeness (QED) is 0.764. The van der Waals surface area contributed by atoms with Crippen LogP contribution in [0.1, 0.15) is 38.5 Å². The van der Waals surface area contributed by atoms with Crippen LogP contribution in [0.25, 0.3) is 0 Å². The molecule has 1 saturated carbocycles. The fraction of sp³-hybridized carbons (Fsp3) is 1.00. The van der Waals surface area contributed by atoms with Gasteiger partial charge in [-0.3, -0.25) is 0 Å². The molecule has 0 aromatic heterocycles. The third-order valence-electron chi connectivity index (χ3n) is 4.22. The maximum atomic E-state index is 5.84. The van der Waals surface area contributed by atoms with Crippen molar-refractivity contribution in [2.75, 3.05) is 26.3 Å². The molecule has 1 aliphatic carbocycles. The highest BCUT2D eigenvalue weighted by Crippen LogP contribution is 2.24. The van der Waals surface area contributed by atoms with E-state index < -0.39 is 0 Å². The summed E-state index contributed by atoms with van der Waals surface area (Å²) in [5.74, 6) is 1.54. The molecule has 0 bridgehead atoms. The zero-order chi connectivity index (χ0) is 11.2. The molecule has 3 heteroatoms.